The standard InChI is InChI=1S/C15H15N3O/c1-2-19-13-7-8-18-15(9-13)14(10-17-18)11-3-5-12(16)6-4-11/h3-10H,2,16H2,1H3. The van der Waals surface area contributed by atoms with Crippen molar-refractivity contribution in [1.29, 1.82) is 0 Å². The fraction of sp³-hybridized carbons (Fsp3) is 0.133. The lowest BCUT2D eigenvalue weighted by Gasteiger charge is -2.04. The molecular formula is C15H15N3O. The number of anilines is 1. The summed E-state index contributed by atoms with van der Waals surface area (Å²) in [6.07, 6.45) is 3.76. The summed E-state index contributed by atoms with van der Waals surface area (Å²) in [5, 5.41) is 4.35. The molecule has 0 saturated carbocycles. The molecule has 2 heterocycles. The van der Waals surface area contributed by atoms with E-state index in [1.165, 1.54) is 0 Å². The van der Waals surface area contributed by atoms with Crippen LogP contribution in [0.2, 0.25) is 0 Å². The topological polar surface area (TPSA) is 52.5 Å². The number of fused-ring (bicyclic) bond motifs is 1. The van der Waals surface area contributed by atoms with Crippen molar-refractivity contribution in [2.45, 2.75) is 6.92 Å². The first-order valence-electron chi connectivity index (χ1n) is 6.24. The van der Waals surface area contributed by atoms with Crippen molar-refractivity contribution in [3.63, 3.8) is 0 Å². The monoisotopic (exact) mass is 253 g/mol. The van der Waals surface area contributed by atoms with E-state index in [1.54, 1.807) is 0 Å². The number of pyridine rings is 1. The highest BCUT2D eigenvalue weighted by Gasteiger charge is 2.07. The second kappa shape index (κ2) is 4.65. The van der Waals surface area contributed by atoms with Gasteiger partial charge in [0.05, 0.1) is 18.3 Å². The number of ether oxygens (including phenoxy) is 1. The van der Waals surface area contributed by atoms with Gasteiger partial charge in [-0.25, -0.2) is 4.52 Å². The number of hydrogen-bond donors (Lipinski definition) is 1. The lowest BCUT2D eigenvalue weighted by Crippen LogP contribution is -1.93. The number of benzene rings is 1. The molecule has 0 amide bonds. The highest BCUT2D eigenvalue weighted by molar-refractivity contribution is 5.81. The lowest BCUT2D eigenvalue weighted by molar-refractivity contribution is 0.340. The lowest BCUT2D eigenvalue weighted by atomic mass is 10.1. The number of hydrogen-bond acceptors (Lipinski definition) is 3. The van der Waals surface area contributed by atoms with Crippen molar-refractivity contribution >= 4 is 11.2 Å². The predicted octanol–water partition coefficient (Wildman–Crippen LogP) is 2.98. The molecule has 96 valence electrons. The summed E-state index contributed by atoms with van der Waals surface area (Å²) in [6.45, 7) is 2.63. The van der Waals surface area contributed by atoms with Gasteiger partial charge in [0, 0.05) is 23.5 Å². The van der Waals surface area contributed by atoms with Crippen LogP contribution in [0.3, 0.4) is 0 Å². The van der Waals surface area contributed by atoms with Crippen molar-refractivity contribution in [1.82, 2.24) is 9.61 Å². The Balaban J connectivity index is 2.12. The molecule has 0 aliphatic heterocycles. The van der Waals surface area contributed by atoms with E-state index < -0.39 is 0 Å². The summed E-state index contributed by atoms with van der Waals surface area (Å²) in [6, 6.07) is 11.7. The van der Waals surface area contributed by atoms with Crippen LogP contribution in [-0.2, 0) is 0 Å². The maximum atomic E-state index is 5.72. The van der Waals surface area contributed by atoms with Gasteiger partial charge in [-0.05, 0) is 30.7 Å². The van der Waals surface area contributed by atoms with Crippen LogP contribution in [0.1, 0.15) is 6.92 Å². The molecule has 0 spiro atoms. The van der Waals surface area contributed by atoms with Crippen LogP contribution in [0, 0.1) is 0 Å². The van der Waals surface area contributed by atoms with Crippen LogP contribution < -0.4 is 10.5 Å². The Kier molecular flexibility index (Phi) is 2.83. The molecule has 4 nitrogen and oxygen atoms in total. The summed E-state index contributed by atoms with van der Waals surface area (Å²) >= 11 is 0. The first-order valence-corrected chi connectivity index (χ1v) is 6.24. The molecule has 0 aliphatic carbocycles. The van der Waals surface area contributed by atoms with Gasteiger partial charge in [0.25, 0.3) is 0 Å². The van der Waals surface area contributed by atoms with Crippen molar-refractivity contribution in [2.24, 2.45) is 0 Å². The molecule has 19 heavy (non-hydrogen) atoms. The van der Waals surface area contributed by atoms with E-state index in [0.29, 0.717) is 6.61 Å². The molecule has 3 rings (SSSR count). The molecule has 0 radical (unpaired) electrons. The van der Waals surface area contributed by atoms with Gasteiger partial charge in [-0.15, -0.1) is 0 Å². The minimum Gasteiger partial charge on any atom is -0.494 e. The zero-order valence-corrected chi connectivity index (χ0v) is 10.7. The van der Waals surface area contributed by atoms with E-state index in [0.717, 1.165) is 28.1 Å². The normalized spacial score (nSPS) is 10.8. The third-order valence-electron chi connectivity index (χ3n) is 3.03. The first kappa shape index (κ1) is 11.6. The largest absolute Gasteiger partial charge is 0.494 e. The van der Waals surface area contributed by atoms with Crippen LogP contribution in [0.4, 0.5) is 5.69 Å². The Morgan fingerprint density at radius 3 is 2.74 bits per heavy atom. The summed E-state index contributed by atoms with van der Waals surface area (Å²) < 4.78 is 7.37. The number of aromatic nitrogens is 2. The van der Waals surface area contributed by atoms with Gasteiger partial charge in [-0.2, -0.15) is 5.10 Å². The van der Waals surface area contributed by atoms with Crippen molar-refractivity contribution in [2.75, 3.05) is 12.3 Å². The predicted molar refractivity (Wildman–Crippen MR) is 76.2 cm³/mol. The van der Waals surface area contributed by atoms with Gasteiger partial charge in [-0.1, -0.05) is 12.1 Å². The number of nitrogens with two attached hydrogens (primary N) is 1. The van der Waals surface area contributed by atoms with E-state index in [4.69, 9.17) is 10.5 Å². The van der Waals surface area contributed by atoms with Crippen molar-refractivity contribution in [3.05, 3.63) is 48.8 Å². The van der Waals surface area contributed by atoms with E-state index in [2.05, 4.69) is 5.10 Å². The summed E-state index contributed by atoms with van der Waals surface area (Å²) in [5.74, 6) is 0.854. The SMILES string of the molecule is CCOc1ccn2ncc(-c3ccc(N)cc3)c2c1. The number of nitrogen functional groups attached to an aromatic ring is 1. The molecule has 0 saturated heterocycles. The summed E-state index contributed by atoms with van der Waals surface area (Å²) in [7, 11) is 0. The molecule has 0 bridgehead atoms. The third-order valence-corrected chi connectivity index (χ3v) is 3.03. The second-order valence-corrected chi connectivity index (χ2v) is 4.31. The molecule has 0 aliphatic rings. The highest BCUT2D eigenvalue weighted by atomic mass is 16.5. The number of nitrogens with zero attached hydrogens (tertiary/aromatic N) is 2. The average Bonchev–Trinajstić information content (AvgIpc) is 2.83. The molecule has 0 unspecified atom stereocenters. The Hall–Kier alpha value is -2.49. The smallest absolute Gasteiger partial charge is 0.122 e. The van der Waals surface area contributed by atoms with Crippen LogP contribution in [-0.4, -0.2) is 16.2 Å². The molecule has 2 N–H and O–H groups in total. The Bertz CT molecular complexity index is 701. The van der Waals surface area contributed by atoms with Crippen molar-refractivity contribution < 1.29 is 4.74 Å². The molecule has 2 aromatic heterocycles. The van der Waals surface area contributed by atoms with Crippen LogP contribution in [0.25, 0.3) is 16.6 Å². The van der Waals surface area contributed by atoms with Crippen LogP contribution in [0.15, 0.2) is 48.8 Å². The maximum Gasteiger partial charge on any atom is 0.122 e. The third kappa shape index (κ3) is 2.12. The molecule has 0 atom stereocenters. The molecular weight excluding hydrogens is 238 g/mol. The average molecular weight is 253 g/mol. The van der Waals surface area contributed by atoms with Gasteiger partial charge in [0.15, 0.2) is 0 Å². The first-order chi connectivity index (χ1) is 9.28. The summed E-state index contributed by atoms with van der Waals surface area (Å²) in [4.78, 5) is 0. The van der Waals surface area contributed by atoms with Gasteiger partial charge in [0.1, 0.15) is 5.75 Å². The Morgan fingerprint density at radius 1 is 1.21 bits per heavy atom. The van der Waals surface area contributed by atoms with E-state index in [1.807, 2.05) is 60.2 Å². The maximum absolute atomic E-state index is 5.72. The minimum atomic E-state index is 0.654. The van der Waals surface area contributed by atoms with Crippen LogP contribution in [0.5, 0.6) is 5.75 Å². The van der Waals surface area contributed by atoms with E-state index in [-0.39, 0.29) is 0 Å². The van der Waals surface area contributed by atoms with Gasteiger partial charge in [0.2, 0.25) is 0 Å². The molecule has 0 fully saturated rings. The minimum absolute atomic E-state index is 0.654. The number of rotatable bonds is 3. The van der Waals surface area contributed by atoms with Crippen LogP contribution >= 0.6 is 0 Å². The van der Waals surface area contributed by atoms with E-state index >= 15 is 0 Å². The Morgan fingerprint density at radius 2 is 2.00 bits per heavy atom. The fourth-order valence-electron chi connectivity index (χ4n) is 2.10. The quantitative estimate of drug-likeness (QED) is 0.730. The van der Waals surface area contributed by atoms with Gasteiger partial charge < -0.3 is 10.5 Å². The fourth-order valence-corrected chi connectivity index (χ4v) is 2.10. The van der Waals surface area contributed by atoms with Gasteiger partial charge >= 0.3 is 0 Å². The molecule has 3 aromatic rings. The molecule has 4 heteroatoms. The molecule has 1 aromatic carbocycles. The van der Waals surface area contributed by atoms with Gasteiger partial charge in [-0.3, -0.25) is 0 Å². The highest BCUT2D eigenvalue weighted by Crippen LogP contribution is 2.27. The van der Waals surface area contributed by atoms with Crippen molar-refractivity contribution in [3.8, 4) is 16.9 Å². The second-order valence-electron chi connectivity index (χ2n) is 4.31. The Labute approximate surface area is 111 Å². The zero-order valence-electron chi connectivity index (χ0n) is 10.7. The zero-order chi connectivity index (χ0) is 13.2. The van der Waals surface area contributed by atoms with E-state index in [9.17, 15) is 0 Å². The summed E-state index contributed by atoms with van der Waals surface area (Å²) in [5.41, 5.74) is 9.66.